The maximum absolute atomic E-state index is 12.7. The second-order valence-electron chi connectivity index (χ2n) is 6.92. The molecule has 1 aliphatic rings. The second-order valence-corrected chi connectivity index (χ2v) is 6.92. The monoisotopic (exact) mass is 369 g/mol. The Kier molecular flexibility index (Phi) is 5.89. The maximum atomic E-state index is 12.7. The molecule has 0 spiro atoms. The maximum Gasteiger partial charge on any atom is 0.261 e. The molecule has 2 aromatic rings. The van der Waals surface area contributed by atoms with Crippen molar-refractivity contribution < 1.29 is 19.0 Å². The van der Waals surface area contributed by atoms with Gasteiger partial charge in [-0.25, -0.2) is 0 Å². The van der Waals surface area contributed by atoms with Gasteiger partial charge in [0.25, 0.3) is 5.91 Å². The fourth-order valence-corrected chi connectivity index (χ4v) is 3.13. The van der Waals surface area contributed by atoms with Gasteiger partial charge in [-0.3, -0.25) is 4.79 Å². The van der Waals surface area contributed by atoms with E-state index >= 15 is 0 Å². The van der Waals surface area contributed by atoms with Crippen LogP contribution in [0.25, 0.3) is 0 Å². The summed E-state index contributed by atoms with van der Waals surface area (Å²) in [5, 5.41) is 3.04. The minimum Gasteiger partial charge on any atom is -0.486 e. The van der Waals surface area contributed by atoms with Crippen LogP contribution in [0.4, 0.5) is 0 Å². The number of nitrogens with one attached hydrogen (secondary N) is 1. The standard InChI is InChI=1S/C22H27NO4/c1-5-18(27-19-8-6-14(2)12-15(19)3)22(24)23-16(4)17-7-9-20-21(13-17)26-11-10-25-20/h6-9,12-13,16,18H,5,10-11H2,1-4H3,(H,23,24)/t16-,18+/m1/s1. The molecule has 0 fully saturated rings. The van der Waals surface area contributed by atoms with E-state index in [2.05, 4.69) is 11.4 Å². The molecule has 3 rings (SSSR count). The molecule has 0 radical (unpaired) electrons. The molecule has 2 atom stereocenters. The van der Waals surface area contributed by atoms with Gasteiger partial charge in [0, 0.05) is 0 Å². The third-order valence-corrected chi connectivity index (χ3v) is 4.69. The quantitative estimate of drug-likeness (QED) is 0.833. The van der Waals surface area contributed by atoms with Crippen molar-refractivity contribution in [2.75, 3.05) is 13.2 Å². The zero-order valence-electron chi connectivity index (χ0n) is 16.4. The van der Waals surface area contributed by atoms with Crippen LogP contribution in [0.5, 0.6) is 17.2 Å². The van der Waals surface area contributed by atoms with Gasteiger partial charge in [0.1, 0.15) is 19.0 Å². The second kappa shape index (κ2) is 8.33. The Hall–Kier alpha value is -2.69. The first kappa shape index (κ1) is 19.1. The van der Waals surface area contributed by atoms with Gasteiger partial charge in [0.15, 0.2) is 17.6 Å². The molecule has 1 amide bonds. The predicted molar refractivity (Wildman–Crippen MR) is 105 cm³/mol. The SMILES string of the molecule is CC[C@H](Oc1ccc(C)cc1C)C(=O)N[C@H](C)c1ccc2c(c1)OCCO2. The summed E-state index contributed by atoms with van der Waals surface area (Å²) in [4.78, 5) is 12.7. The van der Waals surface area contributed by atoms with E-state index < -0.39 is 6.10 Å². The highest BCUT2D eigenvalue weighted by Gasteiger charge is 2.22. The highest BCUT2D eigenvalue weighted by molar-refractivity contribution is 5.81. The predicted octanol–water partition coefficient (Wildman–Crippen LogP) is 4.11. The van der Waals surface area contributed by atoms with E-state index in [1.54, 1.807) is 0 Å². The molecule has 0 saturated carbocycles. The van der Waals surface area contributed by atoms with E-state index in [0.29, 0.717) is 19.6 Å². The normalized spacial score (nSPS) is 15.0. The van der Waals surface area contributed by atoms with Crippen LogP contribution in [0.15, 0.2) is 36.4 Å². The van der Waals surface area contributed by atoms with E-state index in [9.17, 15) is 4.79 Å². The van der Waals surface area contributed by atoms with E-state index in [0.717, 1.165) is 28.4 Å². The van der Waals surface area contributed by atoms with Gasteiger partial charge in [-0.1, -0.05) is 30.7 Å². The Morgan fingerprint density at radius 3 is 2.56 bits per heavy atom. The number of carbonyl (C=O) groups excluding carboxylic acids is 1. The lowest BCUT2D eigenvalue weighted by atomic mass is 10.1. The van der Waals surface area contributed by atoms with Crippen molar-refractivity contribution in [3.8, 4) is 17.2 Å². The molecule has 0 unspecified atom stereocenters. The Balaban J connectivity index is 1.67. The molecule has 1 heterocycles. The zero-order chi connectivity index (χ0) is 19.4. The highest BCUT2D eigenvalue weighted by atomic mass is 16.6. The Labute approximate surface area is 160 Å². The third kappa shape index (κ3) is 4.54. The van der Waals surface area contributed by atoms with E-state index in [1.165, 1.54) is 5.56 Å². The van der Waals surface area contributed by atoms with Crippen molar-refractivity contribution >= 4 is 5.91 Å². The molecule has 0 aromatic heterocycles. The molecular weight excluding hydrogens is 342 g/mol. The summed E-state index contributed by atoms with van der Waals surface area (Å²) in [6.45, 7) is 9.03. The molecular formula is C22H27NO4. The summed E-state index contributed by atoms with van der Waals surface area (Å²) in [5.74, 6) is 2.08. The van der Waals surface area contributed by atoms with Crippen LogP contribution in [0.1, 0.15) is 43.0 Å². The fourth-order valence-electron chi connectivity index (χ4n) is 3.13. The molecule has 0 bridgehead atoms. The summed E-state index contributed by atoms with van der Waals surface area (Å²) in [5.41, 5.74) is 3.17. The summed E-state index contributed by atoms with van der Waals surface area (Å²) in [7, 11) is 0. The molecule has 0 saturated heterocycles. The van der Waals surface area contributed by atoms with Gasteiger partial charge in [-0.05, 0) is 56.5 Å². The minimum absolute atomic E-state index is 0.125. The number of ether oxygens (including phenoxy) is 3. The van der Waals surface area contributed by atoms with Gasteiger partial charge >= 0.3 is 0 Å². The van der Waals surface area contributed by atoms with Crippen molar-refractivity contribution in [1.29, 1.82) is 0 Å². The first-order chi connectivity index (χ1) is 13.0. The number of amides is 1. The van der Waals surface area contributed by atoms with Gasteiger partial charge in [0.05, 0.1) is 6.04 Å². The number of aryl methyl sites for hydroxylation is 2. The molecule has 0 aliphatic carbocycles. The molecule has 5 nitrogen and oxygen atoms in total. The van der Waals surface area contributed by atoms with E-state index in [-0.39, 0.29) is 11.9 Å². The number of carbonyl (C=O) groups is 1. The average Bonchev–Trinajstić information content (AvgIpc) is 2.66. The van der Waals surface area contributed by atoms with Crippen LogP contribution in [0, 0.1) is 13.8 Å². The summed E-state index contributed by atoms with van der Waals surface area (Å²) in [6, 6.07) is 11.6. The van der Waals surface area contributed by atoms with Crippen molar-refractivity contribution in [3.63, 3.8) is 0 Å². The van der Waals surface area contributed by atoms with Crippen LogP contribution in [-0.2, 0) is 4.79 Å². The number of rotatable bonds is 6. The molecule has 27 heavy (non-hydrogen) atoms. The molecule has 5 heteroatoms. The molecule has 1 aliphatic heterocycles. The minimum atomic E-state index is -0.536. The van der Waals surface area contributed by atoms with Gasteiger partial charge in [-0.15, -0.1) is 0 Å². The summed E-state index contributed by atoms with van der Waals surface area (Å²) >= 11 is 0. The molecule has 1 N–H and O–H groups in total. The first-order valence-electron chi connectivity index (χ1n) is 9.41. The van der Waals surface area contributed by atoms with Crippen LogP contribution in [-0.4, -0.2) is 25.2 Å². The van der Waals surface area contributed by atoms with Gasteiger partial charge in [0.2, 0.25) is 0 Å². The summed E-state index contributed by atoms with van der Waals surface area (Å²) in [6.07, 6.45) is 0.0542. The van der Waals surface area contributed by atoms with Crippen molar-refractivity contribution in [2.24, 2.45) is 0 Å². The number of benzene rings is 2. The Morgan fingerprint density at radius 2 is 1.85 bits per heavy atom. The third-order valence-electron chi connectivity index (χ3n) is 4.69. The van der Waals surface area contributed by atoms with Crippen LogP contribution in [0.3, 0.4) is 0 Å². The fraction of sp³-hybridized carbons (Fsp3) is 0.409. The zero-order valence-corrected chi connectivity index (χ0v) is 16.4. The largest absolute Gasteiger partial charge is 0.486 e. The van der Waals surface area contributed by atoms with Crippen molar-refractivity contribution in [2.45, 2.75) is 46.3 Å². The van der Waals surface area contributed by atoms with Gasteiger partial charge < -0.3 is 19.5 Å². The van der Waals surface area contributed by atoms with E-state index in [1.807, 2.05) is 58.0 Å². The van der Waals surface area contributed by atoms with Crippen molar-refractivity contribution in [3.05, 3.63) is 53.1 Å². The average molecular weight is 369 g/mol. The van der Waals surface area contributed by atoms with Gasteiger partial charge in [-0.2, -0.15) is 0 Å². The van der Waals surface area contributed by atoms with E-state index in [4.69, 9.17) is 14.2 Å². The highest BCUT2D eigenvalue weighted by Crippen LogP contribution is 2.32. The summed E-state index contributed by atoms with van der Waals surface area (Å²) < 4.78 is 17.2. The molecule has 144 valence electrons. The smallest absolute Gasteiger partial charge is 0.261 e. The van der Waals surface area contributed by atoms with Crippen LogP contribution < -0.4 is 19.5 Å². The number of hydrogen-bond acceptors (Lipinski definition) is 4. The van der Waals surface area contributed by atoms with Crippen LogP contribution in [0.2, 0.25) is 0 Å². The Bertz CT molecular complexity index is 818. The lowest BCUT2D eigenvalue weighted by Gasteiger charge is -2.23. The lowest BCUT2D eigenvalue weighted by Crippen LogP contribution is -2.39. The first-order valence-corrected chi connectivity index (χ1v) is 9.41. The lowest BCUT2D eigenvalue weighted by molar-refractivity contribution is -0.128. The number of fused-ring (bicyclic) bond motifs is 1. The number of hydrogen-bond donors (Lipinski definition) is 1. The molecule has 2 aromatic carbocycles. The van der Waals surface area contributed by atoms with Crippen LogP contribution >= 0.6 is 0 Å². The van der Waals surface area contributed by atoms with Crippen molar-refractivity contribution in [1.82, 2.24) is 5.32 Å². The topological polar surface area (TPSA) is 56.8 Å². The Morgan fingerprint density at radius 1 is 1.11 bits per heavy atom.